The van der Waals surface area contributed by atoms with Crippen LogP contribution in [-0.2, 0) is 23.7 Å². The number of hydrogen-bond acceptors (Lipinski definition) is 8. The van der Waals surface area contributed by atoms with E-state index < -0.39 is 42.3 Å². The molecular weight excluding hydrogens is 648 g/mol. The minimum Gasteiger partial charge on any atom is -0.481 e. The Balaban J connectivity index is 2.10. The van der Waals surface area contributed by atoms with Gasteiger partial charge in [-0.25, -0.2) is 0 Å². The minimum absolute atomic E-state index is 0.0179. The number of carboxylic acids is 1. The third-order valence-corrected chi connectivity index (χ3v) is 10.9. The van der Waals surface area contributed by atoms with E-state index in [4.69, 9.17) is 24.1 Å². The summed E-state index contributed by atoms with van der Waals surface area (Å²) in [5.74, 6) is -2.87. The molecule has 2 aliphatic rings. The van der Waals surface area contributed by atoms with Crippen LogP contribution in [0.1, 0.15) is 87.5 Å². The van der Waals surface area contributed by atoms with Crippen LogP contribution in [0.15, 0.2) is 72.4 Å². The third kappa shape index (κ3) is 13.2. The highest BCUT2D eigenvalue weighted by molar-refractivity contribution is 5.67. The van der Waals surface area contributed by atoms with Crippen molar-refractivity contribution in [3.63, 3.8) is 0 Å². The van der Waals surface area contributed by atoms with Gasteiger partial charge >= 0.3 is 5.97 Å². The summed E-state index contributed by atoms with van der Waals surface area (Å²) >= 11 is 0. The molecule has 0 aromatic carbocycles. The number of carbonyl (C=O) groups is 1. The predicted molar refractivity (Wildman–Crippen MR) is 203 cm³/mol. The molecule has 1 spiro atoms. The van der Waals surface area contributed by atoms with E-state index in [0.29, 0.717) is 12.8 Å². The van der Waals surface area contributed by atoms with Crippen LogP contribution in [0.2, 0.25) is 0 Å². The molecule has 9 heteroatoms. The summed E-state index contributed by atoms with van der Waals surface area (Å²) in [6.45, 7) is 16.4. The number of carboxylic acid groups (broad SMARTS) is 1. The van der Waals surface area contributed by atoms with Crippen molar-refractivity contribution < 1.29 is 44.2 Å². The molecule has 0 aliphatic carbocycles. The van der Waals surface area contributed by atoms with Gasteiger partial charge in [0.05, 0.1) is 43.0 Å². The summed E-state index contributed by atoms with van der Waals surface area (Å²) in [6.07, 6.45) is 19.5. The van der Waals surface area contributed by atoms with Crippen molar-refractivity contribution in [1.82, 2.24) is 0 Å². The zero-order valence-corrected chi connectivity index (χ0v) is 32.7. The maximum Gasteiger partial charge on any atom is 0.306 e. The Hall–Kier alpha value is -2.37. The van der Waals surface area contributed by atoms with Crippen molar-refractivity contribution in [2.24, 2.45) is 35.5 Å². The number of allylic oxidation sites excluding steroid dienone is 10. The van der Waals surface area contributed by atoms with Gasteiger partial charge in [0.25, 0.3) is 0 Å². The number of aliphatic carboxylic acids is 1. The largest absolute Gasteiger partial charge is 0.481 e. The van der Waals surface area contributed by atoms with E-state index in [1.165, 1.54) is 12.7 Å². The number of aliphatic hydroxyl groups is 3. The van der Waals surface area contributed by atoms with Crippen molar-refractivity contribution in [3.8, 4) is 0 Å². The fourth-order valence-electron chi connectivity index (χ4n) is 7.73. The lowest BCUT2D eigenvalue weighted by Crippen LogP contribution is -2.65. The Bertz CT molecular complexity index is 1220. The first-order chi connectivity index (χ1) is 24.1. The lowest BCUT2D eigenvalue weighted by Gasteiger charge is -2.56. The van der Waals surface area contributed by atoms with E-state index in [-0.39, 0.29) is 54.1 Å². The predicted octanol–water partition coefficient (Wildman–Crippen LogP) is 7.19. The second-order valence-electron chi connectivity index (χ2n) is 15.0. The molecule has 14 atom stereocenters. The van der Waals surface area contributed by atoms with E-state index in [2.05, 4.69) is 33.8 Å². The normalized spacial score (nSPS) is 32.3. The molecule has 2 heterocycles. The molecule has 0 aromatic heterocycles. The monoisotopic (exact) mass is 716 g/mol. The van der Waals surface area contributed by atoms with Gasteiger partial charge in [0.1, 0.15) is 6.10 Å². The zero-order valence-electron chi connectivity index (χ0n) is 32.7. The highest BCUT2D eigenvalue weighted by Gasteiger charge is 2.57. The molecule has 2 saturated heterocycles. The molecule has 14 unspecified atom stereocenters. The van der Waals surface area contributed by atoms with E-state index >= 15 is 0 Å². The van der Waals surface area contributed by atoms with Crippen molar-refractivity contribution in [1.29, 1.82) is 0 Å². The fraction of sp³-hybridized carbons (Fsp3) is 0.690. The number of rotatable bonds is 19. The van der Waals surface area contributed by atoms with Gasteiger partial charge < -0.3 is 39.4 Å². The Morgan fingerprint density at radius 3 is 1.96 bits per heavy atom. The topological polar surface area (TPSA) is 135 Å². The van der Waals surface area contributed by atoms with Gasteiger partial charge in [0.2, 0.25) is 0 Å². The SMILES string of the molecule is CCC=C(C)CC(C)C(O)C(C)C1OC2(CC(OC)C1C)OC(C(C)C(O)C(C)C=C/C=C/C=CC=CC=CC(CC(=O)O)OC)C(C)CC2O. The molecule has 0 radical (unpaired) electrons. The van der Waals surface area contributed by atoms with Crippen LogP contribution in [0.5, 0.6) is 0 Å². The molecule has 0 aromatic rings. The van der Waals surface area contributed by atoms with E-state index in [1.54, 1.807) is 25.3 Å². The first kappa shape index (κ1) is 44.8. The number of hydrogen-bond donors (Lipinski definition) is 4. The Morgan fingerprint density at radius 1 is 0.863 bits per heavy atom. The average Bonchev–Trinajstić information content (AvgIpc) is 3.09. The van der Waals surface area contributed by atoms with Crippen LogP contribution in [0.3, 0.4) is 0 Å². The number of methoxy groups -OCH3 is 2. The molecule has 51 heavy (non-hydrogen) atoms. The summed E-state index contributed by atoms with van der Waals surface area (Å²) in [6, 6.07) is 0. The van der Waals surface area contributed by atoms with Crippen LogP contribution in [-0.4, -0.2) is 89.1 Å². The third-order valence-electron chi connectivity index (χ3n) is 10.9. The average molecular weight is 717 g/mol. The van der Waals surface area contributed by atoms with E-state index in [1.807, 2.05) is 70.2 Å². The van der Waals surface area contributed by atoms with Crippen molar-refractivity contribution in [2.45, 2.75) is 136 Å². The Kier molecular flexibility index (Phi) is 19.3. The van der Waals surface area contributed by atoms with Gasteiger partial charge in [-0.1, -0.05) is 121 Å². The van der Waals surface area contributed by atoms with Crippen molar-refractivity contribution >= 4 is 5.97 Å². The quantitative estimate of drug-likeness (QED) is 0.0809. The summed E-state index contributed by atoms with van der Waals surface area (Å²) in [5.41, 5.74) is 1.26. The van der Waals surface area contributed by atoms with E-state index in [0.717, 1.165) is 12.8 Å². The molecular formula is C42H68O9. The van der Waals surface area contributed by atoms with Crippen LogP contribution >= 0.6 is 0 Å². The molecule has 4 N–H and O–H groups in total. The smallest absolute Gasteiger partial charge is 0.306 e. The maximum atomic E-state index is 11.5. The van der Waals surface area contributed by atoms with Gasteiger partial charge in [-0.3, -0.25) is 4.79 Å². The summed E-state index contributed by atoms with van der Waals surface area (Å²) in [7, 11) is 3.16. The second-order valence-corrected chi connectivity index (χ2v) is 15.0. The number of aliphatic hydroxyl groups excluding tert-OH is 3. The van der Waals surface area contributed by atoms with Crippen molar-refractivity contribution in [2.75, 3.05) is 14.2 Å². The summed E-state index contributed by atoms with van der Waals surface area (Å²) < 4.78 is 24.7. The first-order valence-corrected chi connectivity index (χ1v) is 18.8. The van der Waals surface area contributed by atoms with Gasteiger partial charge in [-0.05, 0) is 38.0 Å². The van der Waals surface area contributed by atoms with Gasteiger partial charge in [-0.15, -0.1) is 0 Å². The molecule has 290 valence electrons. The molecule has 2 fully saturated rings. The van der Waals surface area contributed by atoms with Crippen LogP contribution < -0.4 is 0 Å². The molecule has 2 rings (SSSR count). The molecule has 0 amide bonds. The van der Waals surface area contributed by atoms with Gasteiger partial charge in [0.15, 0.2) is 5.79 Å². The molecule has 9 nitrogen and oxygen atoms in total. The second kappa shape index (κ2) is 22.0. The summed E-state index contributed by atoms with van der Waals surface area (Å²) in [5, 5.41) is 43.4. The van der Waals surface area contributed by atoms with Crippen LogP contribution in [0.4, 0.5) is 0 Å². The Morgan fingerprint density at radius 2 is 1.41 bits per heavy atom. The zero-order chi connectivity index (χ0) is 38.3. The highest BCUT2D eigenvalue weighted by Crippen LogP contribution is 2.47. The molecule has 2 aliphatic heterocycles. The molecule has 0 bridgehead atoms. The van der Waals surface area contributed by atoms with Gasteiger partial charge in [-0.2, -0.15) is 0 Å². The van der Waals surface area contributed by atoms with Crippen LogP contribution in [0.25, 0.3) is 0 Å². The lowest BCUT2D eigenvalue weighted by atomic mass is 9.74. The van der Waals surface area contributed by atoms with Gasteiger partial charge in [0, 0.05) is 44.3 Å². The van der Waals surface area contributed by atoms with Crippen molar-refractivity contribution in [3.05, 3.63) is 72.4 Å². The summed E-state index contributed by atoms with van der Waals surface area (Å²) in [4.78, 5) is 10.8. The maximum absolute atomic E-state index is 11.5. The first-order valence-electron chi connectivity index (χ1n) is 18.8. The Labute approximate surface area is 307 Å². The lowest BCUT2D eigenvalue weighted by molar-refractivity contribution is -0.391. The highest BCUT2D eigenvalue weighted by atomic mass is 16.7. The standard InChI is InChI=1S/C42H68O9/c1-11-20-27(2)23-29(4)39(47)33(8)41-31(6)35(49-10)26-42(51-41)36(43)24-30(5)40(50-42)32(7)38(46)28(3)21-18-16-14-12-13-15-17-19-22-34(48-9)25-37(44)45/h12-22,28-36,38-41,43,46-47H,11,23-26H2,1-10H3,(H,44,45)/b13-12?,16-14+,17-15?,21-18?,22-19?,27-20?. The molecule has 0 saturated carbocycles. The minimum atomic E-state index is -1.30. The van der Waals surface area contributed by atoms with E-state index in [9.17, 15) is 20.1 Å². The van der Waals surface area contributed by atoms with Crippen LogP contribution in [0, 0.1) is 35.5 Å². The number of ether oxygens (including phenoxy) is 4. The fourth-order valence-corrected chi connectivity index (χ4v) is 7.73.